The largest absolute Gasteiger partial charge is 0.445 e. The Kier molecular flexibility index (Phi) is 3.34. The fraction of sp³-hybridized carbons (Fsp3) is 0.467. The number of benzene rings is 1. The van der Waals surface area contributed by atoms with Crippen molar-refractivity contribution in [2.24, 2.45) is 5.92 Å². The van der Waals surface area contributed by atoms with Crippen LogP contribution in [0.5, 0.6) is 0 Å². The number of nitrogens with one attached hydrogen (secondary N) is 1. The van der Waals surface area contributed by atoms with Crippen molar-refractivity contribution >= 4 is 12.0 Å². The lowest BCUT2D eigenvalue weighted by Crippen LogP contribution is -2.41. The summed E-state index contributed by atoms with van der Waals surface area (Å²) in [6, 6.07) is 9.61. The zero-order chi connectivity index (χ0) is 14.1. The van der Waals surface area contributed by atoms with Crippen molar-refractivity contribution in [3.05, 3.63) is 35.9 Å². The molecule has 5 nitrogen and oxygen atoms in total. The summed E-state index contributed by atoms with van der Waals surface area (Å²) in [5.74, 6) is -0.132. The Morgan fingerprint density at radius 1 is 1.40 bits per heavy atom. The maximum atomic E-state index is 12.2. The summed E-state index contributed by atoms with van der Waals surface area (Å²) < 4.78 is 5.35. The minimum absolute atomic E-state index is 0.0283. The molecule has 2 saturated heterocycles. The molecule has 2 heterocycles. The molecule has 20 heavy (non-hydrogen) atoms. The monoisotopic (exact) mass is 274 g/mol. The zero-order valence-corrected chi connectivity index (χ0v) is 11.4. The van der Waals surface area contributed by atoms with Crippen LogP contribution in [0.4, 0.5) is 4.79 Å². The topological polar surface area (TPSA) is 58.6 Å². The molecule has 2 aliphatic rings. The van der Waals surface area contributed by atoms with Gasteiger partial charge in [0.05, 0.1) is 18.0 Å². The average Bonchev–Trinajstić information content (AvgIpc) is 2.99. The molecule has 106 valence electrons. The van der Waals surface area contributed by atoms with E-state index in [-0.39, 0.29) is 36.6 Å². The summed E-state index contributed by atoms with van der Waals surface area (Å²) in [6.45, 7) is 2.78. The lowest BCUT2D eigenvalue weighted by atomic mass is 10.0. The lowest BCUT2D eigenvalue weighted by Gasteiger charge is -2.24. The van der Waals surface area contributed by atoms with E-state index < -0.39 is 0 Å². The number of hydrogen-bond acceptors (Lipinski definition) is 3. The molecule has 2 amide bonds. The van der Waals surface area contributed by atoms with Gasteiger partial charge >= 0.3 is 6.09 Å². The van der Waals surface area contributed by atoms with Crippen molar-refractivity contribution in [3.8, 4) is 0 Å². The van der Waals surface area contributed by atoms with Gasteiger partial charge in [-0.15, -0.1) is 0 Å². The molecule has 1 aromatic rings. The number of nitrogens with zero attached hydrogens (tertiary/aromatic N) is 1. The molecule has 5 heteroatoms. The molecule has 2 aliphatic heterocycles. The smallest absolute Gasteiger partial charge is 0.410 e. The van der Waals surface area contributed by atoms with Crippen molar-refractivity contribution < 1.29 is 14.3 Å². The van der Waals surface area contributed by atoms with E-state index in [9.17, 15) is 9.59 Å². The molecule has 3 atom stereocenters. The van der Waals surface area contributed by atoms with Crippen molar-refractivity contribution in [1.82, 2.24) is 10.2 Å². The highest BCUT2D eigenvalue weighted by Gasteiger charge is 2.48. The van der Waals surface area contributed by atoms with E-state index in [1.54, 1.807) is 4.90 Å². The van der Waals surface area contributed by atoms with Gasteiger partial charge in [-0.3, -0.25) is 4.79 Å². The molecule has 1 aromatic carbocycles. The van der Waals surface area contributed by atoms with Crippen LogP contribution in [0.25, 0.3) is 0 Å². The van der Waals surface area contributed by atoms with E-state index in [0.717, 1.165) is 12.0 Å². The fourth-order valence-electron chi connectivity index (χ4n) is 3.08. The molecule has 3 rings (SSSR count). The number of ether oxygens (including phenoxy) is 1. The Morgan fingerprint density at radius 3 is 2.90 bits per heavy atom. The molecule has 0 bridgehead atoms. The van der Waals surface area contributed by atoms with E-state index in [1.807, 2.05) is 37.3 Å². The molecule has 0 spiro atoms. The van der Waals surface area contributed by atoms with Gasteiger partial charge in [-0.1, -0.05) is 37.3 Å². The fourth-order valence-corrected chi connectivity index (χ4v) is 3.08. The highest BCUT2D eigenvalue weighted by atomic mass is 16.6. The van der Waals surface area contributed by atoms with Gasteiger partial charge in [-0.05, 0) is 12.0 Å². The first-order chi connectivity index (χ1) is 9.66. The molecule has 1 N–H and O–H groups in total. The number of fused-ring (bicyclic) bond motifs is 1. The van der Waals surface area contributed by atoms with Crippen molar-refractivity contribution in [2.45, 2.75) is 32.0 Å². The van der Waals surface area contributed by atoms with Crippen molar-refractivity contribution in [2.75, 3.05) is 6.54 Å². The van der Waals surface area contributed by atoms with Gasteiger partial charge in [0.25, 0.3) is 0 Å². The summed E-state index contributed by atoms with van der Waals surface area (Å²) in [5, 5.41) is 2.94. The minimum atomic E-state index is -0.329. The zero-order valence-electron chi connectivity index (χ0n) is 11.4. The Bertz CT molecular complexity index is 517. The third-order valence-electron chi connectivity index (χ3n) is 4.15. The van der Waals surface area contributed by atoms with E-state index >= 15 is 0 Å². The molecular formula is C15H18N2O3. The molecule has 0 aromatic heterocycles. The van der Waals surface area contributed by atoms with Crippen molar-refractivity contribution in [1.29, 1.82) is 0 Å². The maximum Gasteiger partial charge on any atom is 0.410 e. The molecule has 2 fully saturated rings. The Hall–Kier alpha value is -2.04. The van der Waals surface area contributed by atoms with Gasteiger partial charge < -0.3 is 15.0 Å². The first kappa shape index (κ1) is 13.0. The highest BCUT2D eigenvalue weighted by Crippen LogP contribution is 2.30. The number of carbonyl (C=O) groups is 2. The third-order valence-corrected chi connectivity index (χ3v) is 4.15. The highest BCUT2D eigenvalue weighted by molar-refractivity contribution is 5.84. The Labute approximate surface area is 117 Å². The number of carbonyl (C=O) groups excluding carboxylic acids is 2. The second-order valence-electron chi connectivity index (χ2n) is 5.42. The third kappa shape index (κ3) is 2.24. The maximum absolute atomic E-state index is 12.2. The Balaban J connectivity index is 1.62. The van der Waals surface area contributed by atoms with Gasteiger partial charge in [0.1, 0.15) is 6.61 Å². The first-order valence-electron chi connectivity index (χ1n) is 6.94. The van der Waals surface area contributed by atoms with E-state index in [2.05, 4.69) is 5.32 Å². The first-order valence-corrected chi connectivity index (χ1v) is 6.94. The summed E-state index contributed by atoms with van der Waals surface area (Å²) in [6.07, 6.45) is 0.478. The van der Waals surface area contributed by atoms with Crippen LogP contribution in [-0.4, -0.2) is 35.5 Å². The quantitative estimate of drug-likeness (QED) is 0.889. The van der Waals surface area contributed by atoms with Crippen LogP contribution in [0.1, 0.15) is 18.9 Å². The molecule has 3 unspecified atom stereocenters. The van der Waals surface area contributed by atoms with Crippen LogP contribution >= 0.6 is 0 Å². The SMILES string of the molecule is CC1C(=O)NC2CCN(C(=O)OCc3ccccc3)C21. The molecule has 0 saturated carbocycles. The summed E-state index contributed by atoms with van der Waals surface area (Å²) in [7, 11) is 0. The van der Waals surface area contributed by atoms with Crippen molar-refractivity contribution in [3.63, 3.8) is 0 Å². The lowest BCUT2D eigenvalue weighted by molar-refractivity contribution is -0.122. The number of hydrogen-bond donors (Lipinski definition) is 1. The van der Waals surface area contributed by atoms with Gasteiger partial charge in [0.15, 0.2) is 0 Å². The van der Waals surface area contributed by atoms with Gasteiger partial charge in [0.2, 0.25) is 5.91 Å². The number of amides is 2. The van der Waals surface area contributed by atoms with Crippen LogP contribution in [0.2, 0.25) is 0 Å². The van der Waals surface area contributed by atoms with Crippen LogP contribution in [0.15, 0.2) is 30.3 Å². The van der Waals surface area contributed by atoms with Gasteiger partial charge in [-0.25, -0.2) is 4.79 Å². The van der Waals surface area contributed by atoms with Crippen LogP contribution in [0, 0.1) is 5.92 Å². The van der Waals surface area contributed by atoms with Crippen LogP contribution < -0.4 is 5.32 Å². The molecular weight excluding hydrogens is 256 g/mol. The second kappa shape index (κ2) is 5.15. The molecule has 0 aliphatic carbocycles. The average molecular weight is 274 g/mol. The van der Waals surface area contributed by atoms with Crippen LogP contribution in [0.3, 0.4) is 0 Å². The van der Waals surface area contributed by atoms with E-state index in [4.69, 9.17) is 4.74 Å². The normalized spacial score (nSPS) is 28.1. The summed E-state index contributed by atoms with van der Waals surface area (Å²) in [4.78, 5) is 25.5. The Morgan fingerprint density at radius 2 is 2.15 bits per heavy atom. The predicted molar refractivity (Wildman–Crippen MR) is 72.8 cm³/mol. The van der Waals surface area contributed by atoms with Gasteiger partial charge in [-0.2, -0.15) is 0 Å². The van der Waals surface area contributed by atoms with E-state index in [0.29, 0.717) is 6.54 Å². The second-order valence-corrected chi connectivity index (χ2v) is 5.42. The number of likely N-dealkylation sites (tertiary alicyclic amines) is 1. The molecule has 0 radical (unpaired) electrons. The predicted octanol–water partition coefficient (Wildman–Crippen LogP) is 1.53. The number of rotatable bonds is 2. The summed E-state index contributed by atoms with van der Waals surface area (Å²) in [5.41, 5.74) is 0.963. The van der Waals surface area contributed by atoms with Gasteiger partial charge in [0, 0.05) is 6.54 Å². The minimum Gasteiger partial charge on any atom is -0.445 e. The van der Waals surface area contributed by atoms with Crippen LogP contribution in [-0.2, 0) is 16.1 Å². The summed E-state index contributed by atoms with van der Waals surface area (Å²) >= 11 is 0. The van der Waals surface area contributed by atoms with E-state index in [1.165, 1.54) is 0 Å². The standard InChI is InChI=1S/C15H18N2O3/c1-10-13-12(16-14(10)18)7-8-17(13)15(19)20-9-11-5-3-2-4-6-11/h2-6,10,12-13H,7-9H2,1H3,(H,16,18).